The van der Waals surface area contributed by atoms with Crippen LogP contribution in [-0.2, 0) is 4.79 Å². The molecule has 0 radical (unpaired) electrons. The van der Waals surface area contributed by atoms with Crippen molar-refractivity contribution in [2.75, 3.05) is 5.73 Å². The lowest BCUT2D eigenvalue weighted by molar-refractivity contribution is -0.120. The van der Waals surface area contributed by atoms with Crippen LogP contribution < -0.4 is 15.9 Å². The zero-order valence-electron chi connectivity index (χ0n) is 14.1. The summed E-state index contributed by atoms with van der Waals surface area (Å²) < 4.78 is 10.2. The molecule has 4 N–H and O–H groups in total. The summed E-state index contributed by atoms with van der Waals surface area (Å²) in [5, 5.41) is 27.5. The molecule has 0 atom stereocenters. The highest BCUT2D eigenvalue weighted by Crippen LogP contribution is 2.32. The maximum Gasteiger partial charge on any atom is 0.488 e. The van der Waals surface area contributed by atoms with Gasteiger partial charge in [0.25, 0.3) is 12.4 Å². The lowest BCUT2D eigenvalue weighted by Gasteiger charge is -2.09. The SMILES string of the molecule is Cc1nc2c(-c3ccc4c(N)c(OC=O)nnc4c3)cc(B(O)O)cc2o1. The lowest BCUT2D eigenvalue weighted by atomic mass is 9.78. The number of fused-ring (bicyclic) bond motifs is 2. The molecule has 9 nitrogen and oxygen atoms in total. The normalized spacial score (nSPS) is 11.1. The minimum atomic E-state index is -1.66. The predicted molar refractivity (Wildman–Crippen MR) is 98.2 cm³/mol. The van der Waals surface area contributed by atoms with Gasteiger partial charge in [-0.2, -0.15) is 0 Å². The monoisotopic (exact) mass is 364 g/mol. The molecule has 0 unspecified atom stereocenters. The number of aryl methyl sites for hydroxylation is 1. The number of oxazole rings is 1. The number of nitrogens with two attached hydrogens (primary N) is 1. The van der Waals surface area contributed by atoms with Gasteiger partial charge < -0.3 is 24.9 Å². The summed E-state index contributed by atoms with van der Waals surface area (Å²) in [5.41, 5.74) is 9.29. The van der Waals surface area contributed by atoms with Crippen LogP contribution in [0.1, 0.15) is 5.89 Å². The first-order valence-electron chi connectivity index (χ1n) is 7.91. The van der Waals surface area contributed by atoms with Crippen molar-refractivity contribution >= 4 is 46.7 Å². The van der Waals surface area contributed by atoms with E-state index in [1.165, 1.54) is 6.07 Å². The van der Waals surface area contributed by atoms with Gasteiger partial charge in [0.2, 0.25) is 0 Å². The van der Waals surface area contributed by atoms with Crippen molar-refractivity contribution in [3.63, 3.8) is 0 Å². The maximum absolute atomic E-state index is 10.5. The molecule has 0 fully saturated rings. The van der Waals surface area contributed by atoms with Gasteiger partial charge in [0.1, 0.15) is 11.2 Å². The molecule has 0 aliphatic heterocycles. The van der Waals surface area contributed by atoms with E-state index in [1.54, 1.807) is 31.2 Å². The first-order chi connectivity index (χ1) is 13.0. The molecule has 0 saturated carbocycles. The highest BCUT2D eigenvalue weighted by molar-refractivity contribution is 6.59. The number of carbonyl (C=O) groups excluding carboxylic acids is 1. The zero-order valence-corrected chi connectivity index (χ0v) is 14.1. The fourth-order valence-electron chi connectivity index (χ4n) is 2.94. The summed E-state index contributed by atoms with van der Waals surface area (Å²) in [6.07, 6.45) is 0. The van der Waals surface area contributed by atoms with Crippen LogP contribution in [0.5, 0.6) is 5.88 Å². The number of nitrogen functional groups attached to an aromatic ring is 1. The molecule has 2 heterocycles. The predicted octanol–water partition coefficient (Wildman–Crippen LogP) is 0.544. The summed E-state index contributed by atoms with van der Waals surface area (Å²) in [5.74, 6) is 0.390. The highest BCUT2D eigenvalue weighted by Gasteiger charge is 2.19. The fraction of sp³-hybridized carbons (Fsp3) is 0.0588. The highest BCUT2D eigenvalue weighted by atomic mass is 16.5. The number of aromatic nitrogens is 3. The average molecular weight is 364 g/mol. The molecule has 0 saturated heterocycles. The molecule has 27 heavy (non-hydrogen) atoms. The second-order valence-corrected chi connectivity index (χ2v) is 5.89. The molecule has 0 aliphatic rings. The van der Waals surface area contributed by atoms with Crippen LogP contribution in [0.4, 0.5) is 5.69 Å². The van der Waals surface area contributed by atoms with E-state index in [0.717, 1.165) is 0 Å². The Kier molecular flexibility index (Phi) is 3.98. The Morgan fingerprint density at radius 1 is 1.22 bits per heavy atom. The standard InChI is InChI=1S/C17H13BN4O5/c1-8-20-16-12(5-10(18(24)25)6-14(16)27-8)9-2-3-11-13(4-9)21-22-17(15(11)19)26-7-23/h2-7,24-25H,1H3,(H2,19,21). The molecule has 0 spiro atoms. The number of carbonyl (C=O) groups is 1. The molecule has 10 heteroatoms. The molecule has 2 aromatic heterocycles. The van der Waals surface area contributed by atoms with Gasteiger partial charge in [0.05, 0.1) is 5.52 Å². The summed E-state index contributed by atoms with van der Waals surface area (Å²) in [6, 6.07) is 8.38. The third-order valence-electron chi connectivity index (χ3n) is 4.16. The second kappa shape index (κ2) is 6.34. The number of ether oxygens (including phenoxy) is 1. The first-order valence-corrected chi connectivity index (χ1v) is 7.91. The summed E-state index contributed by atoms with van der Waals surface area (Å²) in [7, 11) is -1.66. The minimum absolute atomic E-state index is 0.0647. The van der Waals surface area contributed by atoms with Gasteiger partial charge in [-0.1, -0.05) is 12.1 Å². The zero-order chi connectivity index (χ0) is 19.1. The van der Waals surface area contributed by atoms with Crippen LogP contribution in [0, 0.1) is 6.92 Å². The third kappa shape index (κ3) is 2.86. The number of nitrogens with zero attached hydrogens (tertiary/aromatic N) is 3. The van der Waals surface area contributed by atoms with E-state index in [2.05, 4.69) is 15.2 Å². The summed E-state index contributed by atoms with van der Waals surface area (Å²) in [4.78, 5) is 14.9. The molecule has 134 valence electrons. The number of rotatable bonds is 4. The van der Waals surface area contributed by atoms with E-state index in [9.17, 15) is 14.8 Å². The Labute approximate surface area is 152 Å². The third-order valence-corrected chi connectivity index (χ3v) is 4.16. The average Bonchev–Trinajstić information content (AvgIpc) is 3.03. The Morgan fingerprint density at radius 3 is 2.78 bits per heavy atom. The van der Waals surface area contributed by atoms with Crippen LogP contribution in [0.3, 0.4) is 0 Å². The Bertz CT molecular complexity index is 1190. The topological polar surface area (TPSA) is 145 Å². The van der Waals surface area contributed by atoms with E-state index >= 15 is 0 Å². The van der Waals surface area contributed by atoms with Crippen LogP contribution in [-0.4, -0.2) is 38.8 Å². The second-order valence-electron chi connectivity index (χ2n) is 5.89. The lowest BCUT2D eigenvalue weighted by Crippen LogP contribution is -2.29. The van der Waals surface area contributed by atoms with E-state index in [1.807, 2.05) is 0 Å². The first kappa shape index (κ1) is 16.9. The molecule has 0 bridgehead atoms. The molecular formula is C17H13BN4O5. The maximum atomic E-state index is 10.5. The van der Waals surface area contributed by atoms with Gasteiger partial charge in [-0.25, -0.2) is 4.98 Å². The Morgan fingerprint density at radius 2 is 2.04 bits per heavy atom. The van der Waals surface area contributed by atoms with Crippen molar-refractivity contribution in [2.24, 2.45) is 0 Å². The van der Waals surface area contributed by atoms with Gasteiger partial charge in [-0.3, -0.25) is 4.79 Å². The van der Waals surface area contributed by atoms with Crippen molar-refractivity contribution in [3.8, 4) is 17.0 Å². The molecule has 0 amide bonds. The molecule has 4 rings (SSSR count). The van der Waals surface area contributed by atoms with Gasteiger partial charge in [0.15, 0.2) is 11.5 Å². The molecule has 4 aromatic rings. The fourth-order valence-corrected chi connectivity index (χ4v) is 2.94. The minimum Gasteiger partial charge on any atom is -0.441 e. The van der Waals surface area contributed by atoms with Gasteiger partial charge >= 0.3 is 7.12 Å². The molecular weight excluding hydrogens is 351 g/mol. The summed E-state index contributed by atoms with van der Waals surface area (Å²) >= 11 is 0. The van der Waals surface area contributed by atoms with Crippen LogP contribution in [0.2, 0.25) is 0 Å². The van der Waals surface area contributed by atoms with E-state index in [4.69, 9.17) is 14.9 Å². The molecule has 2 aromatic carbocycles. The number of benzene rings is 2. The van der Waals surface area contributed by atoms with Crippen LogP contribution >= 0.6 is 0 Å². The van der Waals surface area contributed by atoms with Crippen molar-refractivity contribution in [1.29, 1.82) is 0 Å². The quantitative estimate of drug-likeness (QED) is 0.349. The van der Waals surface area contributed by atoms with Crippen molar-refractivity contribution in [2.45, 2.75) is 6.92 Å². The van der Waals surface area contributed by atoms with E-state index in [-0.39, 0.29) is 23.5 Å². The van der Waals surface area contributed by atoms with Gasteiger partial charge in [-0.15, -0.1) is 10.2 Å². The Hall–Kier alpha value is -3.50. The largest absolute Gasteiger partial charge is 0.488 e. The van der Waals surface area contributed by atoms with Gasteiger partial charge in [0, 0.05) is 17.9 Å². The number of hydrogen-bond donors (Lipinski definition) is 3. The van der Waals surface area contributed by atoms with Gasteiger partial charge in [-0.05, 0) is 29.2 Å². The summed E-state index contributed by atoms with van der Waals surface area (Å²) in [6.45, 7) is 1.94. The van der Waals surface area contributed by atoms with E-state index in [0.29, 0.717) is 39.0 Å². The molecule has 0 aliphatic carbocycles. The van der Waals surface area contributed by atoms with Crippen LogP contribution in [0.15, 0.2) is 34.7 Å². The smallest absolute Gasteiger partial charge is 0.441 e. The number of hydrogen-bond acceptors (Lipinski definition) is 9. The van der Waals surface area contributed by atoms with Crippen molar-refractivity contribution < 1.29 is 24.0 Å². The van der Waals surface area contributed by atoms with E-state index < -0.39 is 7.12 Å². The van der Waals surface area contributed by atoms with Crippen LogP contribution in [0.25, 0.3) is 33.1 Å². The van der Waals surface area contributed by atoms with Crippen molar-refractivity contribution in [3.05, 3.63) is 36.2 Å². The number of anilines is 1. The Balaban J connectivity index is 1.94. The van der Waals surface area contributed by atoms with Crippen molar-refractivity contribution in [1.82, 2.24) is 15.2 Å².